The molecule has 0 aliphatic heterocycles. The quantitative estimate of drug-likeness (QED) is 0.654. The van der Waals surface area contributed by atoms with Gasteiger partial charge in [0, 0.05) is 6.54 Å². The molecule has 0 aromatic carbocycles. The van der Waals surface area contributed by atoms with Crippen LogP contribution in [-0.4, -0.2) is 17.8 Å². The maximum atomic E-state index is 9.34. The first kappa shape index (κ1) is 9.50. The van der Waals surface area contributed by atoms with E-state index in [2.05, 4.69) is 6.07 Å². The lowest BCUT2D eigenvalue weighted by molar-refractivity contribution is 0.130. The minimum Gasteiger partial charge on any atom is -0.392 e. The van der Waals surface area contributed by atoms with E-state index in [4.69, 9.17) is 11.0 Å². The molecule has 1 aliphatic rings. The lowest BCUT2D eigenvalue weighted by Gasteiger charge is -2.22. The molecule has 0 heterocycles. The molecule has 0 aromatic heterocycles. The van der Waals surface area contributed by atoms with Crippen LogP contribution in [-0.2, 0) is 0 Å². The molecule has 0 saturated heterocycles. The number of nitrogens with zero attached hydrogens (tertiary/aromatic N) is 1. The Bertz CT molecular complexity index is 179. The normalized spacial score (nSPS) is 23.4. The first-order chi connectivity index (χ1) is 5.72. The van der Waals surface area contributed by atoms with E-state index < -0.39 is 6.10 Å². The van der Waals surface area contributed by atoms with E-state index in [0.717, 1.165) is 25.7 Å². The molecule has 1 unspecified atom stereocenters. The van der Waals surface area contributed by atoms with Crippen molar-refractivity contribution in [1.82, 2.24) is 0 Å². The third-order valence-electron chi connectivity index (χ3n) is 2.70. The van der Waals surface area contributed by atoms with E-state index in [9.17, 15) is 5.11 Å². The van der Waals surface area contributed by atoms with Crippen molar-refractivity contribution in [3.05, 3.63) is 0 Å². The SMILES string of the molecule is N#CC1(CC(O)CN)CCCC1. The molecule has 1 rings (SSSR count). The van der Waals surface area contributed by atoms with Gasteiger partial charge in [-0.1, -0.05) is 12.8 Å². The topological polar surface area (TPSA) is 70.0 Å². The summed E-state index contributed by atoms with van der Waals surface area (Å²) in [4.78, 5) is 0. The Labute approximate surface area is 73.2 Å². The Morgan fingerprint density at radius 1 is 1.50 bits per heavy atom. The van der Waals surface area contributed by atoms with Crippen molar-refractivity contribution in [2.45, 2.75) is 38.2 Å². The second kappa shape index (κ2) is 3.88. The number of nitrogens with two attached hydrogens (primary N) is 1. The first-order valence-corrected chi connectivity index (χ1v) is 4.52. The van der Waals surface area contributed by atoms with Crippen molar-refractivity contribution in [1.29, 1.82) is 5.26 Å². The molecule has 0 radical (unpaired) electrons. The van der Waals surface area contributed by atoms with E-state index in [1.54, 1.807) is 0 Å². The molecular weight excluding hydrogens is 152 g/mol. The van der Waals surface area contributed by atoms with E-state index in [1.807, 2.05) is 0 Å². The van der Waals surface area contributed by atoms with Crippen LogP contribution < -0.4 is 5.73 Å². The summed E-state index contributed by atoms with van der Waals surface area (Å²) in [6, 6.07) is 2.33. The summed E-state index contributed by atoms with van der Waals surface area (Å²) < 4.78 is 0. The zero-order chi connectivity index (χ0) is 9.03. The molecule has 1 saturated carbocycles. The summed E-state index contributed by atoms with van der Waals surface area (Å²) in [7, 11) is 0. The molecule has 1 aliphatic carbocycles. The van der Waals surface area contributed by atoms with Crippen LogP contribution in [0.4, 0.5) is 0 Å². The van der Waals surface area contributed by atoms with Gasteiger partial charge < -0.3 is 10.8 Å². The van der Waals surface area contributed by atoms with Crippen LogP contribution in [0.1, 0.15) is 32.1 Å². The van der Waals surface area contributed by atoms with Crippen LogP contribution in [0.2, 0.25) is 0 Å². The molecule has 1 fully saturated rings. The van der Waals surface area contributed by atoms with Gasteiger partial charge in [-0.25, -0.2) is 0 Å². The number of aliphatic hydroxyl groups excluding tert-OH is 1. The van der Waals surface area contributed by atoms with Crippen molar-refractivity contribution in [2.24, 2.45) is 11.1 Å². The van der Waals surface area contributed by atoms with Gasteiger partial charge in [0.2, 0.25) is 0 Å². The molecule has 0 spiro atoms. The van der Waals surface area contributed by atoms with Gasteiger partial charge in [-0.15, -0.1) is 0 Å². The summed E-state index contributed by atoms with van der Waals surface area (Å²) in [5, 5.41) is 18.3. The molecule has 3 heteroatoms. The predicted octanol–water partition coefficient (Wildman–Crippen LogP) is 0.780. The fraction of sp³-hybridized carbons (Fsp3) is 0.889. The fourth-order valence-corrected chi connectivity index (χ4v) is 1.95. The van der Waals surface area contributed by atoms with Gasteiger partial charge >= 0.3 is 0 Å². The molecule has 1 atom stereocenters. The smallest absolute Gasteiger partial charge is 0.0690 e. The van der Waals surface area contributed by atoms with Gasteiger partial charge in [-0.3, -0.25) is 0 Å². The van der Waals surface area contributed by atoms with E-state index in [-0.39, 0.29) is 12.0 Å². The summed E-state index contributed by atoms with van der Waals surface area (Å²) in [5.74, 6) is 0. The van der Waals surface area contributed by atoms with Gasteiger partial charge in [0.1, 0.15) is 0 Å². The van der Waals surface area contributed by atoms with Crippen molar-refractivity contribution in [3.63, 3.8) is 0 Å². The van der Waals surface area contributed by atoms with Gasteiger partial charge in [0.15, 0.2) is 0 Å². The number of hydrogen-bond donors (Lipinski definition) is 2. The van der Waals surface area contributed by atoms with Crippen LogP contribution in [0.3, 0.4) is 0 Å². The summed E-state index contributed by atoms with van der Waals surface area (Å²) in [5.41, 5.74) is 5.04. The van der Waals surface area contributed by atoms with Crippen molar-refractivity contribution in [2.75, 3.05) is 6.54 Å². The Kier molecular flexibility index (Phi) is 3.07. The molecule has 0 bridgehead atoms. The molecule has 3 N–H and O–H groups in total. The number of nitriles is 1. The Morgan fingerprint density at radius 3 is 2.50 bits per heavy atom. The molecule has 0 amide bonds. The summed E-state index contributed by atoms with van der Waals surface area (Å²) >= 11 is 0. The van der Waals surface area contributed by atoms with Crippen LogP contribution in [0.5, 0.6) is 0 Å². The fourth-order valence-electron chi connectivity index (χ4n) is 1.95. The van der Waals surface area contributed by atoms with E-state index in [1.165, 1.54) is 0 Å². The Balaban J connectivity index is 2.51. The van der Waals surface area contributed by atoms with Crippen molar-refractivity contribution < 1.29 is 5.11 Å². The number of hydrogen-bond acceptors (Lipinski definition) is 3. The van der Waals surface area contributed by atoms with Crippen molar-refractivity contribution in [3.8, 4) is 6.07 Å². The lowest BCUT2D eigenvalue weighted by Crippen LogP contribution is -2.28. The monoisotopic (exact) mass is 168 g/mol. The average Bonchev–Trinajstić information content (AvgIpc) is 2.54. The highest BCUT2D eigenvalue weighted by molar-refractivity contribution is 5.02. The third kappa shape index (κ3) is 1.96. The van der Waals surface area contributed by atoms with Gasteiger partial charge in [0.05, 0.1) is 17.6 Å². The predicted molar refractivity (Wildman–Crippen MR) is 46.2 cm³/mol. The standard InChI is InChI=1S/C9H16N2O/c10-6-8(12)5-9(7-11)3-1-2-4-9/h8,12H,1-6,10H2. The van der Waals surface area contributed by atoms with E-state index in [0.29, 0.717) is 6.42 Å². The van der Waals surface area contributed by atoms with E-state index >= 15 is 0 Å². The first-order valence-electron chi connectivity index (χ1n) is 4.52. The minimum atomic E-state index is -0.497. The van der Waals surface area contributed by atoms with Crippen LogP contribution >= 0.6 is 0 Å². The molecule has 68 valence electrons. The summed E-state index contributed by atoms with van der Waals surface area (Å²) in [6.07, 6.45) is 4.15. The number of aliphatic hydroxyl groups is 1. The number of rotatable bonds is 3. The third-order valence-corrected chi connectivity index (χ3v) is 2.70. The highest BCUT2D eigenvalue weighted by Gasteiger charge is 2.35. The van der Waals surface area contributed by atoms with Gasteiger partial charge in [0.25, 0.3) is 0 Å². The lowest BCUT2D eigenvalue weighted by atomic mass is 9.82. The van der Waals surface area contributed by atoms with Gasteiger partial charge in [-0.05, 0) is 19.3 Å². The average molecular weight is 168 g/mol. The molecule has 3 nitrogen and oxygen atoms in total. The van der Waals surface area contributed by atoms with Gasteiger partial charge in [-0.2, -0.15) is 5.26 Å². The highest BCUT2D eigenvalue weighted by atomic mass is 16.3. The highest BCUT2D eigenvalue weighted by Crippen LogP contribution is 2.41. The largest absolute Gasteiger partial charge is 0.392 e. The van der Waals surface area contributed by atoms with Crippen molar-refractivity contribution >= 4 is 0 Å². The second-order valence-corrected chi connectivity index (χ2v) is 3.69. The second-order valence-electron chi connectivity index (χ2n) is 3.69. The Morgan fingerprint density at radius 2 is 2.08 bits per heavy atom. The minimum absolute atomic E-state index is 0.265. The van der Waals surface area contributed by atoms with Crippen LogP contribution in [0.15, 0.2) is 0 Å². The zero-order valence-corrected chi connectivity index (χ0v) is 7.29. The molecule has 12 heavy (non-hydrogen) atoms. The Hall–Kier alpha value is -0.590. The zero-order valence-electron chi connectivity index (χ0n) is 7.29. The molecule has 0 aromatic rings. The maximum absolute atomic E-state index is 9.34. The molecular formula is C9H16N2O. The summed E-state index contributed by atoms with van der Waals surface area (Å²) in [6.45, 7) is 0.267. The van der Waals surface area contributed by atoms with Crippen LogP contribution in [0.25, 0.3) is 0 Å². The van der Waals surface area contributed by atoms with Crippen LogP contribution in [0, 0.1) is 16.7 Å². The maximum Gasteiger partial charge on any atom is 0.0690 e.